The molecule has 0 fully saturated rings. The normalized spacial score (nSPS) is 10.3. The van der Waals surface area contributed by atoms with Crippen LogP contribution in [0.25, 0.3) is 0 Å². The van der Waals surface area contributed by atoms with E-state index in [-0.39, 0.29) is 5.91 Å². The summed E-state index contributed by atoms with van der Waals surface area (Å²) in [5, 5.41) is 2.90. The van der Waals surface area contributed by atoms with Gasteiger partial charge in [-0.1, -0.05) is 28.1 Å². The Morgan fingerprint density at radius 2 is 1.74 bits per heavy atom. The first-order valence-electron chi connectivity index (χ1n) is 8.38. The number of amides is 1. The molecule has 2 aromatic carbocycles. The van der Waals surface area contributed by atoms with Crippen molar-refractivity contribution in [2.45, 2.75) is 13.0 Å². The van der Waals surface area contributed by atoms with E-state index in [1.165, 1.54) is 0 Å². The number of hydrogen-bond donors (Lipinski definition) is 1. The van der Waals surface area contributed by atoms with Gasteiger partial charge in [-0.2, -0.15) is 0 Å². The topological polar surface area (TPSA) is 60.5 Å². The van der Waals surface area contributed by atoms with Crippen molar-refractivity contribution in [3.8, 4) is 11.5 Å². The van der Waals surface area contributed by atoms with Crippen LogP contribution >= 0.6 is 15.9 Å². The van der Waals surface area contributed by atoms with Crippen LogP contribution in [0.5, 0.6) is 11.5 Å². The average Bonchev–Trinajstić information content (AvgIpc) is 2.69. The minimum absolute atomic E-state index is 0.0948. The maximum absolute atomic E-state index is 12.3. The molecule has 1 amide bonds. The van der Waals surface area contributed by atoms with E-state index in [1.54, 1.807) is 37.7 Å². The molecule has 0 radical (unpaired) electrons. The molecule has 0 bridgehead atoms. The average molecular weight is 427 g/mol. The summed E-state index contributed by atoms with van der Waals surface area (Å²) in [4.78, 5) is 16.3. The van der Waals surface area contributed by atoms with Gasteiger partial charge in [-0.15, -0.1) is 0 Å². The largest absolute Gasteiger partial charge is 0.493 e. The van der Waals surface area contributed by atoms with Gasteiger partial charge in [0.05, 0.1) is 13.5 Å². The molecule has 1 heterocycles. The van der Waals surface area contributed by atoms with E-state index >= 15 is 0 Å². The number of pyridine rings is 1. The van der Waals surface area contributed by atoms with Crippen LogP contribution in [0, 0.1) is 0 Å². The predicted molar refractivity (Wildman–Crippen MR) is 108 cm³/mol. The third kappa shape index (κ3) is 5.56. The smallest absolute Gasteiger partial charge is 0.228 e. The van der Waals surface area contributed by atoms with Crippen LogP contribution in [0.15, 0.2) is 71.5 Å². The minimum Gasteiger partial charge on any atom is -0.493 e. The van der Waals surface area contributed by atoms with Crippen molar-refractivity contribution in [1.82, 2.24) is 4.98 Å². The summed E-state index contributed by atoms with van der Waals surface area (Å²) in [7, 11) is 1.58. The predicted octanol–water partition coefficient (Wildman–Crippen LogP) is 4.61. The summed E-state index contributed by atoms with van der Waals surface area (Å²) < 4.78 is 12.2. The molecule has 3 rings (SSSR count). The zero-order valence-electron chi connectivity index (χ0n) is 14.8. The van der Waals surface area contributed by atoms with E-state index in [1.807, 2.05) is 36.4 Å². The van der Waals surface area contributed by atoms with Gasteiger partial charge in [-0.25, -0.2) is 0 Å². The van der Waals surface area contributed by atoms with Crippen LogP contribution in [0.1, 0.15) is 11.1 Å². The number of carbonyl (C=O) groups excluding carboxylic acids is 1. The second-order valence-corrected chi connectivity index (χ2v) is 6.78. The lowest BCUT2D eigenvalue weighted by Gasteiger charge is -2.13. The molecule has 1 aromatic heterocycles. The Balaban J connectivity index is 1.66. The fraction of sp³-hybridized carbons (Fsp3) is 0.143. The minimum atomic E-state index is -0.0948. The Labute approximate surface area is 166 Å². The highest BCUT2D eigenvalue weighted by Crippen LogP contribution is 2.31. The molecule has 3 aromatic rings. The summed E-state index contributed by atoms with van der Waals surface area (Å²) in [5.74, 6) is 1.08. The number of rotatable bonds is 7. The molecule has 0 aliphatic heterocycles. The van der Waals surface area contributed by atoms with E-state index in [0.29, 0.717) is 30.2 Å². The highest BCUT2D eigenvalue weighted by molar-refractivity contribution is 9.10. The van der Waals surface area contributed by atoms with Gasteiger partial charge in [0.25, 0.3) is 0 Å². The molecule has 138 valence electrons. The molecule has 0 spiro atoms. The zero-order chi connectivity index (χ0) is 19.1. The van der Waals surface area contributed by atoms with Gasteiger partial charge < -0.3 is 14.8 Å². The fourth-order valence-electron chi connectivity index (χ4n) is 2.50. The third-order valence-electron chi connectivity index (χ3n) is 3.87. The number of aromatic nitrogens is 1. The van der Waals surface area contributed by atoms with E-state index in [9.17, 15) is 4.79 Å². The number of benzene rings is 2. The lowest BCUT2D eigenvalue weighted by atomic mass is 10.1. The summed E-state index contributed by atoms with van der Waals surface area (Å²) in [6, 6.07) is 16.8. The Morgan fingerprint density at radius 3 is 2.44 bits per heavy atom. The Morgan fingerprint density at radius 1 is 1.00 bits per heavy atom. The molecule has 0 aliphatic rings. The van der Waals surface area contributed by atoms with Crippen LogP contribution in [0.4, 0.5) is 5.69 Å². The lowest BCUT2D eigenvalue weighted by Crippen LogP contribution is -2.14. The SMILES string of the molecule is COc1ccc(NC(=O)Cc2ccc(Br)cc2)cc1OCc1ccncc1. The number of carbonyl (C=O) groups is 1. The second-order valence-electron chi connectivity index (χ2n) is 5.86. The molecule has 1 N–H and O–H groups in total. The lowest BCUT2D eigenvalue weighted by molar-refractivity contribution is -0.115. The van der Waals surface area contributed by atoms with Crippen molar-refractivity contribution in [2.24, 2.45) is 0 Å². The Hall–Kier alpha value is -2.86. The Kier molecular flexibility index (Phi) is 6.44. The van der Waals surface area contributed by atoms with Crippen LogP contribution in [-0.4, -0.2) is 18.0 Å². The van der Waals surface area contributed by atoms with Gasteiger partial charge in [0.2, 0.25) is 5.91 Å². The monoisotopic (exact) mass is 426 g/mol. The summed E-state index contributed by atoms with van der Waals surface area (Å²) in [6.45, 7) is 0.384. The van der Waals surface area contributed by atoms with Gasteiger partial charge >= 0.3 is 0 Å². The summed E-state index contributed by atoms with van der Waals surface area (Å²) in [6.07, 6.45) is 3.73. The van der Waals surface area contributed by atoms with Crippen LogP contribution in [0.2, 0.25) is 0 Å². The van der Waals surface area contributed by atoms with E-state index in [4.69, 9.17) is 9.47 Å². The van der Waals surface area contributed by atoms with Gasteiger partial charge in [-0.3, -0.25) is 9.78 Å². The second kappa shape index (κ2) is 9.19. The highest BCUT2D eigenvalue weighted by atomic mass is 79.9. The van der Waals surface area contributed by atoms with E-state index < -0.39 is 0 Å². The number of anilines is 1. The van der Waals surface area contributed by atoms with Crippen molar-refractivity contribution in [1.29, 1.82) is 0 Å². The first-order valence-corrected chi connectivity index (χ1v) is 9.17. The van der Waals surface area contributed by atoms with Crippen molar-refractivity contribution in [3.63, 3.8) is 0 Å². The molecule has 27 heavy (non-hydrogen) atoms. The molecule has 0 saturated carbocycles. The highest BCUT2D eigenvalue weighted by Gasteiger charge is 2.09. The number of ether oxygens (including phenoxy) is 2. The van der Waals surface area contributed by atoms with E-state index in [2.05, 4.69) is 26.2 Å². The van der Waals surface area contributed by atoms with Gasteiger partial charge in [-0.05, 0) is 47.5 Å². The van der Waals surface area contributed by atoms with Crippen molar-refractivity contribution in [3.05, 3.63) is 82.6 Å². The molecule has 0 aliphatic carbocycles. The van der Waals surface area contributed by atoms with E-state index in [0.717, 1.165) is 15.6 Å². The number of hydrogen-bond acceptors (Lipinski definition) is 4. The number of halogens is 1. The molecule has 5 nitrogen and oxygen atoms in total. The Bertz CT molecular complexity index is 899. The van der Waals surface area contributed by atoms with Crippen molar-refractivity contribution >= 4 is 27.5 Å². The van der Waals surface area contributed by atoms with Gasteiger partial charge in [0, 0.05) is 28.6 Å². The molecule has 0 atom stereocenters. The summed E-state index contributed by atoms with van der Waals surface area (Å²) in [5.41, 5.74) is 2.60. The fourth-order valence-corrected chi connectivity index (χ4v) is 2.76. The van der Waals surface area contributed by atoms with Gasteiger partial charge in [0.15, 0.2) is 11.5 Å². The van der Waals surface area contributed by atoms with Crippen LogP contribution in [0.3, 0.4) is 0 Å². The maximum atomic E-state index is 12.3. The quantitative estimate of drug-likeness (QED) is 0.598. The summed E-state index contributed by atoms with van der Waals surface area (Å²) >= 11 is 3.39. The number of nitrogens with one attached hydrogen (secondary N) is 1. The van der Waals surface area contributed by atoms with Crippen LogP contribution in [-0.2, 0) is 17.8 Å². The first kappa shape index (κ1) is 18.9. The first-order chi connectivity index (χ1) is 13.1. The van der Waals surface area contributed by atoms with Gasteiger partial charge in [0.1, 0.15) is 6.61 Å². The zero-order valence-corrected chi connectivity index (χ0v) is 16.4. The molecular weight excluding hydrogens is 408 g/mol. The maximum Gasteiger partial charge on any atom is 0.228 e. The van der Waals surface area contributed by atoms with Crippen LogP contribution < -0.4 is 14.8 Å². The third-order valence-corrected chi connectivity index (χ3v) is 4.40. The van der Waals surface area contributed by atoms with Crippen molar-refractivity contribution in [2.75, 3.05) is 12.4 Å². The number of methoxy groups -OCH3 is 1. The van der Waals surface area contributed by atoms with Crippen molar-refractivity contribution < 1.29 is 14.3 Å². The number of nitrogens with zero attached hydrogens (tertiary/aromatic N) is 1. The molecular formula is C21H19BrN2O3. The molecule has 6 heteroatoms. The standard InChI is InChI=1S/C21H19BrN2O3/c1-26-19-7-6-18(13-20(19)27-14-16-8-10-23-11-9-16)24-21(25)12-15-2-4-17(22)5-3-15/h2-11,13H,12,14H2,1H3,(H,24,25). The molecule has 0 saturated heterocycles. The molecule has 0 unspecified atom stereocenters.